The van der Waals surface area contributed by atoms with Crippen LogP contribution in [0.3, 0.4) is 0 Å². The van der Waals surface area contributed by atoms with Crippen LogP contribution in [0, 0.1) is 0 Å². The van der Waals surface area contributed by atoms with E-state index in [0.29, 0.717) is 0 Å². The van der Waals surface area contributed by atoms with E-state index in [0.717, 1.165) is 12.8 Å². The second-order valence-electron chi connectivity index (χ2n) is 2.11. The van der Waals surface area contributed by atoms with Crippen molar-refractivity contribution >= 4 is 11.7 Å². The molecule has 0 atom stereocenters. The maximum Gasteiger partial charge on any atom is 0.354 e. The van der Waals surface area contributed by atoms with Crippen LogP contribution in [0.1, 0.15) is 19.8 Å². The number of hydrogen-bond donors (Lipinski definition) is 1. The molecule has 0 saturated carbocycles. The van der Waals surface area contributed by atoms with Crippen LogP contribution in [0.4, 0.5) is 0 Å². The predicted octanol–water partition coefficient (Wildman–Crippen LogP) is 1.50. The molecular weight excluding hydrogens is 142 g/mol. The molecule has 0 aliphatic carbocycles. The minimum absolute atomic E-state index is 0.110. The highest BCUT2D eigenvalue weighted by Gasteiger charge is 2.01. The Labute approximate surface area is 66.5 Å². The SMILES string of the molecule is CCCC=CC(=NC)C(=O)O. The monoisotopic (exact) mass is 155 g/mol. The Kier molecular flexibility index (Phi) is 5.07. The third kappa shape index (κ3) is 4.31. The van der Waals surface area contributed by atoms with Crippen LogP contribution in [-0.4, -0.2) is 23.8 Å². The summed E-state index contributed by atoms with van der Waals surface area (Å²) in [5.74, 6) is -0.972. The summed E-state index contributed by atoms with van der Waals surface area (Å²) in [6.07, 6.45) is 5.27. The number of nitrogens with zero attached hydrogens (tertiary/aromatic N) is 1. The minimum Gasteiger partial charge on any atom is -0.477 e. The third-order valence-electron chi connectivity index (χ3n) is 1.19. The summed E-state index contributed by atoms with van der Waals surface area (Å²) in [6, 6.07) is 0. The van der Waals surface area contributed by atoms with E-state index >= 15 is 0 Å². The Morgan fingerprint density at radius 1 is 1.64 bits per heavy atom. The Bertz CT molecular complexity index is 183. The van der Waals surface area contributed by atoms with E-state index in [9.17, 15) is 4.79 Å². The Balaban J connectivity index is 4.00. The molecule has 0 aromatic carbocycles. The normalized spacial score (nSPS) is 12.4. The standard InChI is InChI=1S/C8H13NO2/c1-3-4-5-6-7(9-2)8(10)11/h5-6H,3-4H2,1-2H3,(H,10,11). The summed E-state index contributed by atoms with van der Waals surface area (Å²) < 4.78 is 0. The first-order valence-corrected chi connectivity index (χ1v) is 3.59. The molecule has 0 aliphatic rings. The van der Waals surface area contributed by atoms with Crippen LogP contribution in [0.15, 0.2) is 17.1 Å². The van der Waals surface area contributed by atoms with Gasteiger partial charge in [0.15, 0.2) is 0 Å². The van der Waals surface area contributed by atoms with Crippen LogP contribution in [0.2, 0.25) is 0 Å². The molecule has 1 N–H and O–H groups in total. The molecule has 0 saturated heterocycles. The summed E-state index contributed by atoms with van der Waals surface area (Å²) in [7, 11) is 1.47. The van der Waals surface area contributed by atoms with Gasteiger partial charge in [-0.15, -0.1) is 0 Å². The highest BCUT2D eigenvalue weighted by Crippen LogP contribution is 1.90. The van der Waals surface area contributed by atoms with Crippen molar-refractivity contribution in [3.05, 3.63) is 12.2 Å². The van der Waals surface area contributed by atoms with E-state index < -0.39 is 5.97 Å². The summed E-state index contributed by atoms with van der Waals surface area (Å²) in [4.78, 5) is 13.9. The highest BCUT2D eigenvalue weighted by atomic mass is 16.4. The van der Waals surface area contributed by atoms with Crippen molar-refractivity contribution in [2.75, 3.05) is 7.05 Å². The number of allylic oxidation sites excluding steroid dienone is 1. The molecule has 0 fully saturated rings. The molecule has 0 aliphatic heterocycles. The molecule has 0 rings (SSSR count). The summed E-state index contributed by atoms with van der Waals surface area (Å²) in [6.45, 7) is 2.04. The van der Waals surface area contributed by atoms with Crippen molar-refractivity contribution in [3.8, 4) is 0 Å². The van der Waals surface area contributed by atoms with E-state index in [-0.39, 0.29) is 5.71 Å². The first-order valence-electron chi connectivity index (χ1n) is 3.59. The maximum absolute atomic E-state index is 10.3. The Morgan fingerprint density at radius 3 is 2.64 bits per heavy atom. The molecule has 0 radical (unpaired) electrons. The van der Waals surface area contributed by atoms with Crippen molar-refractivity contribution in [1.82, 2.24) is 0 Å². The number of carboxylic acids is 1. The van der Waals surface area contributed by atoms with Gasteiger partial charge >= 0.3 is 5.97 Å². The number of aliphatic imine (C=N–C) groups is 1. The fourth-order valence-electron chi connectivity index (χ4n) is 0.603. The average Bonchev–Trinajstić information content (AvgIpc) is 1.97. The molecule has 62 valence electrons. The van der Waals surface area contributed by atoms with E-state index in [2.05, 4.69) is 4.99 Å². The van der Waals surface area contributed by atoms with E-state index in [1.165, 1.54) is 13.1 Å². The highest BCUT2D eigenvalue weighted by molar-refractivity contribution is 6.40. The number of unbranched alkanes of at least 4 members (excludes halogenated alkanes) is 1. The number of rotatable bonds is 4. The summed E-state index contributed by atoms with van der Waals surface area (Å²) >= 11 is 0. The lowest BCUT2D eigenvalue weighted by Gasteiger charge is -1.89. The second-order valence-corrected chi connectivity index (χ2v) is 2.11. The van der Waals surface area contributed by atoms with Gasteiger partial charge in [-0.1, -0.05) is 19.4 Å². The van der Waals surface area contributed by atoms with E-state index in [1.807, 2.05) is 13.0 Å². The fourth-order valence-corrected chi connectivity index (χ4v) is 0.603. The van der Waals surface area contributed by atoms with Gasteiger partial charge < -0.3 is 5.11 Å². The largest absolute Gasteiger partial charge is 0.477 e. The van der Waals surface area contributed by atoms with Gasteiger partial charge in [0.25, 0.3) is 0 Å². The minimum atomic E-state index is -0.972. The molecule has 0 bridgehead atoms. The van der Waals surface area contributed by atoms with Crippen molar-refractivity contribution in [1.29, 1.82) is 0 Å². The first-order chi connectivity index (χ1) is 5.22. The number of carbonyl (C=O) groups is 1. The number of carboxylic acid groups (broad SMARTS) is 1. The van der Waals surface area contributed by atoms with Gasteiger partial charge in [-0.25, -0.2) is 4.79 Å². The molecule has 0 aromatic rings. The maximum atomic E-state index is 10.3. The van der Waals surface area contributed by atoms with Gasteiger partial charge in [-0.2, -0.15) is 0 Å². The van der Waals surface area contributed by atoms with Crippen LogP contribution in [-0.2, 0) is 4.79 Å². The molecular formula is C8H13NO2. The second kappa shape index (κ2) is 5.65. The molecule has 0 aromatic heterocycles. The van der Waals surface area contributed by atoms with Crippen LogP contribution < -0.4 is 0 Å². The quantitative estimate of drug-likeness (QED) is 0.625. The first kappa shape index (κ1) is 9.88. The molecule has 0 amide bonds. The lowest BCUT2D eigenvalue weighted by Crippen LogP contribution is -2.09. The summed E-state index contributed by atoms with van der Waals surface area (Å²) in [5, 5.41) is 8.49. The van der Waals surface area contributed by atoms with Gasteiger partial charge in [-0.3, -0.25) is 4.99 Å². The van der Waals surface area contributed by atoms with Crippen LogP contribution >= 0.6 is 0 Å². The molecule has 3 nitrogen and oxygen atoms in total. The smallest absolute Gasteiger partial charge is 0.354 e. The topological polar surface area (TPSA) is 49.7 Å². The number of aliphatic carboxylic acids is 1. The number of hydrogen-bond acceptors (Lipinski definition) is 2. The van der Waals surface area contributed by atoms with Gasteiger partial charge in [0, 0.05) is 7.05 Å². The van der Waals surface area contributed by atoms with Gasteiger partial charge in [-0.05, 0) is 12.5 Å². The van der Waals surface area contributed by atoms with Crippen molar-refractivity contribution in [2.24, 2.45) is 4.99 Å². The van der Waals surface area contributed by atoms with Crippen molar-refractivity contribution in [3.63, 3.8) is 0 Å². The van der Waals surface area contributed by atoms with Crippen molar-refractivity contribution < 1.29 is 9.90 Å². The van der Waals surface area contributed by atoms with Crippen LogP contribution in [0.25, 0.3) is 0 Å². The fraction of sp³-hybridized carbons (Fsp3) is 0.500. The molecule has 0 unspecified atom stereocenters. The summed E-state index contributed by atoms with van der Waals surface area (Å²) in [5.41, 5.74) is 0.110. The third-order valence-corrected chi connectivity index (χ3v) is 1.19. The van der Waals surface area contributed by atoms with Gasteiger partial charge in [0.2, 0.25) is 0 Å². The molecule has 11 heavy (non-hydrogen) atoms. The average molecular weight is 155 g/mol. The zero-order chi connectivity index (χ0) is 8.69. The van der Waals surface area contributed by atoms with E-state index in [1.54, 1.807) is 0 Å². The molecule has 3 heteroatoms. The Hall–Kier alpha value is -1.12. The van der Waals surface area contributed by atoms with Gasteiger partial charge in [0.05, 0.1) is 0 Å². The zero-order valence-electron chi connectivity index (χ0n) is 6.87. The lowest BCUT2D eigenvalue weighted by atomic mass is 10.2. The van der Waals surface area contributed by atoms with Crippen molar-refractivity contribution in [2.45, 2.75) is 19.8 Å². The lowest BCUT2D eigenvalue weighted by molar-refractivity contribution is -0.129. The van der Waals surface area contributed by atoms with Crippen LogP contribution in [0.5, 0.6) is 0 Å². The zero-order valence-corrected chi connectivity index (χ0v) is 6.87. The Morgan fingerprint density at radius 2 is 2.27 bits per heavy atom. The molecule has 0 heterocycles. The van der Waals surface area contributed by atoms with E-state index in [4.69, 9.17) is 5.11 Å². The predicted molar refractivity (Wildman–Crippen MR) is 45.0 cm³/mol. The molecule has 0 spiro atoms. The van der Waals surface area contributed by atoms with Gasteiger partial charge in [0.1, 0.15) is 5.71 Å².